The molecule has 0 aliphatic heterocycles. The quantitative estimate of drug-likeness (QED) is 0.526. The van der Waals surface area contributed by atoms with Gasteiger partial charge in [-0.2, -0.15) is 0 Å². The number of aryl methyl sites for hydroxylation is 1. The molecule has 3 rings (SSSR count). The number of hydrogen-bond acceptors (Lipinski definition) is 4. The van der Waals surface area contributed by atoms with Gasteiger partial charge in [-0.25, -0.2) is 0 Å². The Hall–Kier alpha value is -2.34. The lowest BCUT2D eigenvalue weighted by Crippen LogP contribution is -2.31. The number of hydrogen-bond donors (Lipinski definition) is 2. The lowest BCUT2D eigenvalue weighted by atomic mass is 10.0. The van der Waals surface area contributed by atoms with Crippen molar-refractivity contribution < 1.29 is 9.53 Å². The summed E-state index contributed by atoms with van der Waals surface area (Å²) in [6, 6.07) is 17.7. The maximum atomic E-state index is 12.5. The van der Waals surface area contributed by atoms with E-state index in [-0.39, 0.29) is 18.5 Å². The van der Waals surface area contributed by atoms with Crippen LogP contribution in [0.2, 0.25) is 5.02 Å². The Balaban J connectivity index is 1.71. The normalized spacial score (nSPS) is 11.8. The number of carbonyl (C=O) groups excluding carboxylic acids is 1. The highest BCUT2D eigenvalue weighted by Crippen LogP contribution is 2.28. The van der Waals surface area contributed by atoms with E-state index in [0.717, 1.165) is 16.9 Å². The smallest absolute Gasteiger partial charge is 0.238 e. The molecule has 28 heavy (non-hydrogen) atoms. The second-order valence-electron chi connectivity index (χ2n) is 6.32. The van der Waals surface area contributed by atoms with Crippen LogP contribution in [0, 0.1) is 0 Å². The molecule has 1 amide bonds. The van der Waals surface area contributed by atoms with E-state index in [9.17, 15) is 4.79 Å². The van der Waals surface area contributed by atoms with Gasteiger partial charge in [-0.05, 0) is 47.2 Å². The van der Waals surface area contributed by atoms with Crippen LogP contribution in [-0.4, -0.2) is 19.6 Å². The first kappa shape index (κ1) is 20.4. The maximum absolute atomic E-state index is 12.5. The number of thiophene rings is 1. The molecule has 4 nitrogen and oxygen atoms in total. The molecule has 146 valence electrons. The van der Waals surface area contributed by atoms with Crippen molar-refractivity contribution in [2.75, 3.05) is 19.0 Å². The fourth-order valence-corrected chi connectivity index (χ4v) is 3.95. The zero-order chi connectivity index (χ0) is 19.9. The molecule has 0 radical (unpaired) electrons. The minimum Gasteiger partial charge on any atom is -0.495 e. The van der Waals surface area contributed by atoms with Crippen LogP contribution >= 0.6 is 22.9 Å². The molecule has 0 saturated carbocycles. The van der Waals surface area contributed by atoms with Crippen LogP contribution in [0.15, 0.2) is 60.0 Å². The summed E-state index contributed by atoms with van der Waals surface area (Å²) in [4.78, 5) is 13.7. The van der Waals surface area contributed by atoms with Crippen molar-refractivity contribution in [3.8, 4) is 5.75 Å². The fourth-order valence-electron chi connectivity index (χ4n) is 2.95. The lowest BCUT2D eigenvalue weighted by Gasteiger charge is -2.19. The van der Waals surface area contributed by atoms with E-state index in [1.165, 1.54) is 5.56 Å². The summed E-state index contributed by atoms with van der Waals surface area (Å²) < 4.78 is 5.28. The number of carbonyl (C=O) groups is 1. The van der Waals surface area contributed by atoms with Crippen LogP contribution in [0.25, 0.3) is 0 Å². The van der Waals surface area contributed by atoms with Crippen molar-refractivity contribution in [1.82, 2.24) is 5.32 Å². The first-order valence-electron chi connectivity index (χ1n) is 9.09. The first-order valence-corrected chi connectivity index (χ1v) is 10.4. The Morgan fingerprint density at radius 1 is 1.18 bits per heavy atom. The summed E-state index contributed by atoms with van der Waals surface area (Å²) in [5.41, 5.74) is 2.98. The molecule has 6 heteroatoms. The van der Waals surface area contributed by atoms with Crippen LogP contribution in [0.5, 0.6) is 5.75 Å². The molecule has 1 aromatic heterocycles. The highest BCUT2D eigenvalue weighted by molar-refractivity contribution is 7.10. The molecule has 1 heterocycles. The molecule has 0 aliphatic carbocycles. The van der Waals surface area contributed by atoms with E-state index in [0.29, 0.717) is 16.5 Å². The molecule has 0 aliphatic rings. The van der Waals surface area contributed by atoms with Gasteiger partial charge in [0.25, 0.3) is 0 Å². The van der Waals surface area contributed by atoms with Crippen molar-refractivity contribution in [3.63, 3.8) is 0 Å². The summed E-state index contributed by atoms with van der Waals surface area (Å²) in [6.07, 6.45) is 1.00. The third-order valence-electron chi connectivity index (χ3n) is 4.45. The SMILES string of the molecule is CCc1ccc([C@@H](NCC(=O)Nc2cc(Cl)ccc2OC)c2cccs2)cc1. The molecule has 1 atom stereocenters. The van der Waals surface area contributed by atoms with Crippen LogP contribution in [0.4, 0.5) is 5.69 Å². The van der Waals surface area contributed by atoms with Crippen LogP contribution in [-0.2, 0) is 11.2 Å². The minimum atomic E-state index is -0.160. The molecule has 2 aromatic carbocycles. The largest absolute Gasteiger partial charge is 0.495 e. The minimum absolute atomic E-state index is 0.0436. The summed E-state index contributed by atoms with van der Waals surface area (Å²) in [5.74, 6) is 0.412. The van der Waals surface area contributed by atoms with Gasteiger partial charge in [-0.1, -0.05) is 48.9 Å². The highest BCUT2D eigenvalue weighted by atomic mass is 35.5. The summed E-state index contributed by atoms with van der Waals surface area (Å²) in [5, 5.41) is 8.82. The Morgan fingerprint density at radius 2 is 1.96 bits per heavy atom. The predicted molar refractivity (Wildman–Crippen MR) is 117 cm³/mol. The average molecular weight is 415 g/mol. The first-order chi connectivity index (χ1) is 13.6. The van der Waals surface area contributed by atoms with Crippen LogP contribution in [0.3, 0.4) is 0 Å². The van der Waals surface area contributed by atoms with E-state index in [4.69, 9.17) is 16.3 Å². The number of anilines is 1. The standard InChI is InChI=1S/C22H23ClN2O2S/c1-3-15-6-8-16(9-7-15)22(20-5-4-12-28-20)24-14-21(26)25-18-13-17(23)10-11-19(18)27-2/h4-13,22,24H,3,14H2,1-2H3,(H,25,26)/t22-/m1/s1. The van der Waals surface area contributed by atoms with Crippen molar-refractivity contribution >= 4 is 34.5 Å². The number of rotatable bonds is 8. The number of benzene rings is 2. The topological polar surface area (TPSA) is 50.4 Å². The Kier molecular flexibility index (Phi) is 7.09. The maximum Gasteiger partial charge on any atom is 0.238 e. The van der Waals surface area contributed by atoms with Crippen molar-refractivity contribution in [3.05, 3.63) is 81.0 Å². The fraction of sp³-hybridized carbons (Fsp3) is 0.227. The molecular weight excluding hydrogens is 392 g/mol. The van der Waals surface area contributed by atoms with Gasteiger partial charge >= 0.3 is 0 Å². The Morgan fingerprint density at radius 3 is 2.61 bits per heavy atom. The van der Waals surface area contributed by atoms with Crippen molar-refractivity contribution in [2.45, 2.75) is 19.4 Å². The van der Waals surface area contributed by atoms with E-state index >= 15 is 0 Å². The van der Waals surface area contributed by atoms with Gasteiger partial charge in [0, 0.05) is 9.90 Å². The number of nitrogens with one attached hydrogen (secondary N) is 2. The zero-order valence-electron chi connectivity index (χ0n) is 15.9. The van der Waals surface area contributed by atoms with Crippen LogP contribution in [0.1, 0.15) is 29.0 Å². The number of ether oxygens (including phenoxy) is 1. The average Bonchev–Trinajstić information content (AvgIpc) is 3.23. The van der Waals surface area contributed by atoms with Gasteiger partial charge < -0.3 is 10.1 Å². The third-order valence-corrected chi connectivity index (χ3v) is 5.62. The van der Waals surface area contributed by atoms with Gasteiger partial charge in [0.2, 0.25) is 5.91 Å². The Bertz CT molecular complexity index is 911. The van der Waals surface area contributed by atoms with Crippen LogP contribution < -0.4 is 15.4 Å². The number of methoxy groups -OCH3 is 1. The second kappa shape index (κ2) is 9.73. The molecule has 0 bridgehead atoms. The van der Waals surface area contributed by atoms with Gasteiger partial charge in [-0.15, -0.1) is 11.3 Å². The summed E-state index contributed by atoms with van der Waals surface area (Å²) >= 11 is 7.70. The van der Waals surface area contributed by atoms with E-state index in [2.05, 4.69) is 47.9 Å². The molecule has 0 spiro atoms. The summed E-state index contributed by atoms with van der Waals surface area (Å²) in [6.45, 7) is 2.30. The van der Waals surface area contributed by atoms with E-state index in [1.54, 1.807) is 36.6 Å². The second-order valence-corrected chi connectivity index (χ2v) is 7.73. The number of halogens is 1. The van der Waals surface area contributed by atoms with Gasteiger partial charge in [0.05, 0.1) is 25.4 Å². The van der Waals surface area contributed by atoms with E-state index < -0.39 is 0 Å². The molecule has 0 saturated heterocycles. The highest BCUT2D eigenvalue weighted by Gasteiger charge is 2.17. The molecule has 3 aromatic rings. The van der Waals surface area contributed by atoms with Gasteiger partial charge in [-0.3, -0.25) is 10.1 Å². The number of amides is 1. The van der Waals surface area contributed by atoms with Gasteiger partial charge in [0.15, 0.2) is 0 Å². The molecule has 0 fully saturated rings. The lowest BCUT2D eigenvalue weighted by molar-refractivity contribution is -0.115. The summed E-state index contributed by atoms with van der Waals surface area (Å²) in [7, 11) is 1.56. The molecule has 0 unspecified atom stereocenters. The van der Waals surface area contributed by atoms with Crippen molar-refractivity contribution in [2.24, 2.45) is 0 Å². The van der Waals surface area contributed by atoms with Crippen molar-refractivity contribution in [1.29, 1.82) is 0 Å². The molecular formula is C22H23ClN2O2S. The third kappa shape index (κ3) is 5.13. The van der Waals surface area contributed by atoms with E-state index in [1.807, 2.05) is 11.4 Å². The zero-order valence-corrected chi connectivity index (χ0v) is 17.4. The monoisotopic (exact) mass is 414 g/mol. The Labute approximate surface area is 174 Å². The molecule has 2 N–H and O–H groups in total. The predicted octanol–water partition coefficient (Wildman–Crippen LogP) is 5.29. The van der Waals surface area contributed by atoms with Gasteiger partial charge in [0.1, 0.15) is 5.75 Å².